The number of alkyl halides is 3. The minimum absolute atomic E-state index is 0.0345. The van der Waals surface area contributed by atoms with Gasteiger partial charge in [0.2, 0.25) is 11.8 Å². The molecule has 2 atom stereocenters. The van der Waals surface area contributed by atoms with Crippen LogP contribution in [-0.4, -0.2) is 63.8 Å². The van der Waals surface area contributed by atoms with Gasteiger partial charge in [0.05, 0.1) is 16.6 Å². The summed E-state index contributed by atoms with van der Waals surface area (Å²) in [6.07, 6.45) is 3.77. The van der Waals surface area contributed by atoms with Gasteiger partial charge in [-0.3, -0.25) is 19.6 Å². The van der Waals surface area contributed by atoms with Gasteiger partial charge < -0.3 is 15.7 Å². The number of rotatable bonds is 7. The van der Waals surface area contributed by atoms with Gasteiger partial charge in [0, 0.05) is 23.5 Å². The topological polar surface area (TPSA) is 133 Å². The van der Waals surface area contributed by atoms with Gasteiger partial charge in [-0.05, 0) is 72.8 Å². The molecule has 1 saturated carbocycles. The Hall–Kier alpha value is -4.97. The van der Waals surface area contributed by atoms with Crippen LogP contribution >= 0.6 is 0 Å². The number of halogens is 3. The fourth-order valence-corrected chi connectivity index (χ4v) is 6.75. The van der Waals surface area contributed by atoms with E-state index in [1.165, 1.54) is 37.9 Å². The first kappa shape index (κ1) is 32.0. The molecule has 12 heteroatoms. The number of hydrogen-bond donors (Lipinski definition) is 3. The minimum atomic E-state index is -5.08. The Morgan fingerprint density at radius 3 is 2.40 bits per heavy atom. The highest BCUT2D eigenvalue weighted by Gasteiger charge is 2.67. The number of amides is 2. The second-order valence-corrected chi connectivity index (χ2v) is 12.2. The van der Waals surface area contributed by atoms with Crippen molar-refractivity contribution >= 4 is 46.5 Å². The van der Waals surface area contributed by atoms with Crippen LogP contribution < -0.4 is 10.6 Å². The van der Waals surface area contributed by atoms with Gasteiger partial charge in [-0.1, -0.05) is 67.1 Å². The molecule has 3 heterocycles. The van der Waals surface area contributed by atoms with Gasteiger partial charge in [-0.2, -0.15) is 18.3 Å². The molecule has 2 amide bonds. The van der Waals surface area contributed by atoms with E-state index in [1.54, 1.807) is 4.90 Å². The number of nitrogens with zero attached hydrogens (tertiary/aromatic N) is 3. The SMILES string of the molecule is NC(=O)CN1C(=O)[C@@]2(C[C@H]2c2ccc3c(C=Cc4ccc(CN5CCCCC5)cc4)n[nH]c3c2)c2ccccc21.O=C(O)C(F)(F)F. The van der Waals surface area contributed by atoms with Crippen molar-refractivity contribution in [1.29, 1.82) is 0 Å². The average Bonchev–Trinajstić information content (AvgIpc) is 3.62. The van der Waals surface area contributed by atoms with Crippen molar-refractivity contribution in [2.24, 2.45) is 5.73 Å². The van der Waals surface area contributed by atoms with Crippen molar-refractivity contribution < 1.29 is 32.7 Å². The third-order valence-electron chi connectivity index (χ3n) is 9.11. The number of primary amides is 1. The second-order valence-electron chi connectivity index (χ2n) is 12.2. The lowest BCUT2D eigenvalue weighted by molar-refractivity contribution is -0.192. The van der Waals surface area contributed by atoms with Crippen LogP contribution in [0.3, 0.4) is 0 Å². The quantitative estimate of drug-likeness (QED) is 0.239. The number of aliphatic carboxylic acids is 1. The van der Waals surface area contributed by atoms with E-state index in [0.29, 0.717) is 0 Å². The Morgan fingerprint density at radius 2 is 1.72 bits per heavy atom. The highest BCUT2D eigenvalue weighted by Crippen LogP contribution is 2.66. The molecular formula is C35H34F3N5O4. The second kappa shape index (κ2) is 12.7. The molecule has 47 heavy (non-hydrogen) atoms. The van der Waals surface area contributed by atoms with Gasteiger partial charge in [0.15, 0.2) is 0 Å². The van der Waals surface area contributed by atoms with Crippen LogP contribution in [0.4, 0.5) is 18.9 Å². The number of carboxylic acids is 1. The number of nitrogens with two attached hydrogens (primary N) is 1. The van der Waals surface area contributed by atoms with Crippen LogP contribution in [0.25, 0.3) is 23.1 Å². The summed E-state index contributed by atoms with van der Waals surface area (Å²) in [7, 11) is 0. The van der Waals surface area contributed by atoms with Crippen molar-refractivity contribution in [3.05, 3.63) is 94.7 Å². The van der Waals surface area contributed by atoms with E-state index >= 15 is 0 Å². The number of aromatic amines is 1. The third kappa shape index (κ3) is 6.50. The fourth-order valence-electron chi connectivity index (χ4n) is 6.75. The number of carbonyl (C=O) groups excluding carboxylic acids is 2. The summed E-state index contributed by atoms with van der Waals surface area (Å²) in [4.78, 5) is 38.2. The molecule has 2 aliphatic heterocycles. The smallest absolute Gasteiger partial charge is 0.475 e. The molecule has 0 radical (unpaired) electrons. The third-order valence-corrected chi connectivity index (χ3v) is 9.11. The number of hydrogen-bond acceptors (Lipinski definition) is 5. The Balaban J connectivity index is 0.000000499. The predicted molar refractivity (Wildman–Crippen MR) is 171 cm³/mol. The van der Waals surface area contributed by atoms with Crippen LogP contribution in [0.5, 0.6) is 0 Å². The van der Waals surface area contributed by atoms with E-state index in [2.05, 4.69) is 69.7 Å². The van der Waals surface area contributed by atoms with Crippen molar-refractivity contribution in [3.8, 4) is 0 Å². The van der Waals surface area contributed by atoms with Gasteiger partial charge in [-0.15, -0.1) is 0 Å². The summed E-state index contributed by atoms with van der Waals surface area (Å²) in [5, 5.41) is 15.9. The molecule has 244 valence electrons. The number of fused-ring (bicyclic) bond motifs is 3. The van der Waals surface area contributed by atoms with Gasteiger partial charge in [0.1, 0.15) is 6.54 Å². The largest absolute Gasteiger partial charge is 0.490 e. The monoisotopic (exact) mass is 645 g/mol. The minimum Gasteiger partial charge on any atom is -0.475 e. The molecule has 0 bridgehead atoms. The Morgan fingerprint density at radius 1 is 1.02 bits per heavy atom. The number of para-hydroxylation sites is 1. The van der Waals surface area contributed by atoms with E-state index in [1.807, 2.05) is 24.3 Å². The number of carbonyl (C=O) groups is 3. The number of likely N-dealkylation sites (tertiary alicyclic amines) is 1. The molecule has 2 fully saturated rings. The van der Waals surface area contributed by atoms with Crippen molar-refractivity contribution in [1.82, 2.24) is 15.1 Å². The lowest BCUT2D eigenvalue weighted by Crippen LogP contribution is -2.39. The zero-order valence-electron chi connectivity index (χ0n) is 25.5. The zero-order valence-corrected chi connectivity index (χ0v) is 25.5. The highest BCUT2D eigenvalue weighted by atomic mass is 19.4. The summed E-state index contributed by atoms with van der Waals surface area (Å²) in [6.45, 7) is 3.34. The molecule has 1 spiro atoms. The van der Waals surface area contributed by atoms with Crippen LogP contribution in [0, 0.1) is 0 Å². The average molecular weight is 646 g/mol. The summed E-state index contributed by atoms with van der Waals surface area (Å²) >= 11 is 0. The number of aromatic nitrogens is 2. The van der Waals surface area contributed by atoms with Gasteiger partial charge in [0.25, 0.3) is 0 Å². The standard InChI is InChI=1S/C33H33N5O2.C2HF3O2/c34-31(39)21-38-30-7-3-2-6-26(30)33(32(38)40)19-27(33)24-13-14-25-28(35-36-29(25)18-24)15-12-22-8-10-23(11-9-22)20-37-16-4-1-5-17-37;3-2(4,5)1(6)7/h2-3,6-15,18,27H,1,4-5,16-17,19-21H2,(H2,34,39)(H,35,36);(H,6,7)/t27-,33-;/m0./s1. The first-order valence-electron chi connectivity index (χ1n) is 15.4. The molecule has 1 aromatic heterocycles. The zero-order chi connectivity index (χ0) is 33.3. The first-order chi connectivity index (χ1) is 22.5. The maximum absolute atomic E-state index is 13.6. The molecule has 1 saturated heterocycles. The first-order valence-corrected chi connectivity index (χ1v) is 15.4. The number of nitrogens with one attached hydrogen (secondary N) is 1. The van der Waals surface area contributed by atoms with Crippen LogP contribution in [-0.2, 0) is 26.3 Å². The molecule has 7 rings (SSSR count). The molecule has 3 aliphatic rings. The Labute approximate surface area is 268 Å². The van der Waals surface area contributed by atoms with E-state index in [4.69, 9.17) is 15.6 Å². The summed E-state index contributed by atoms with van der Waals surface area (Å²) in [5.41, 5.74) is 12.1. The highest BCUT2D eigenvalue weighted by molar-refractivity contribution is 6.13. The summed E-state index contributed by atoms with van der Waals surface area (Å²) in [6, 6.07) is 22.9. The van der Waals surface area contributed by atoms with Gasteiger partial charge in [-0.25, -0.2) is 4.79 Å². The summed E-state index contributed by atoms with van der Waals surface area (Å²) < 4.78 is 31.7. The maximum Gasteiger partial charge on any atom is 0.490 e. The number of carboxylic acid groups (broad SMARTS) is 1. The predicted octanol–water partition coefficient (Wildman–Crippen LogP) is 5.61. The van der Waals surface area contributed by atoms with Crippen LogP contribution in [0.2, 0.25) is 0 Å². The fraction of sp³-hybridized carbons (Fsp3) is 0.314. The lowest BCUT2D eigenvalue weighted by Gasteiger charge is -2.26. The normalized spacial score (nSPS) is 20.8. The molecule has 4 N–H and O–H groups in total. The van der Waals surface area contributed by atoms with E-state index < -0.39 is 23.5 Å². The molecular weight excluding hydrogens is 611 g/mol. The van der Waals surface area contributed by atoms with Crippen molar-refractivity contribution in [3.63, 3.8) is 0 Å². The molecule has 4 aromatic rings. The van der Waals surface area contributed by atoms with E-state index in [0.717, 1.165) is 51.9 Å². The lowest BCUT2D eigenvalue weighted by atomic mass is 9.92. The van der Waals surface area contributed by atoms with Crippen LogP contribution in [0.1, 0.15) is 59.5 Å². The summed E-state index contributed by atoms with van der Waals surface area (Å²) in [5.74, 6) is -3.25. The van der Waals surface area contributed by atoms with E-state index in [9.17, 15) is 22.8 Å². The molecule has 0 unspecified atom stereocenters. The van der Waals surface area contributed by atoms with Crippen molar-refractivity contribution in [2.45, 2.75) is 49.7 Å². The molecule has 1 aliphatic carbocycles. The molecule has 3 aromatic carbocycles. The van der Waals surface area contributed by atoms with E-state index in [-0.39, 0.29) is 18.4 Å². The van der Waals surface area contributed by atoms with Crippen LogP contribution in [0.15, 0.2) is 66.7 Å². The maximum atomic E-state index is 13.6. The van der Waals surface area contributed by atoms with Crippen molar-refractivity contribution in [2.75, 3.05) is 24.5 Å². The number of anilines is 1. The van der Waals surface area contributed by atoms with Gasteiger partial charge >= 0.3 is 12.1 Å². The Kier molecular flexibility index (Phi) is 8.63. The number of H-pyrrole nitrogens is 1. The molecule has 9 nitrogen and oxygen atoms in total. The Bertz CT molecular complexity index is 1850. The number of piperidine rings is 1. The number of benzene rings is 3.